The van der Waals surface area contributed by atoms with Crippen LogP contribution < -0.4 is 11.1 Å². The first kappa shape index (κ1) is 14.1. The van der Waals surface area contributed by atoms with Gasteiger partial charge in [-0.2, -0.15) is 0 Å². The number of carbonyl (C=O) groups excluding carboxylic acids is 1. The van der Waals surface area contributed by atoms with Gasteiger partial charge in [0.05, 0.1) is 0 Å². The number of carbonyl (C=O) groups is 1. The van der Waals surface area contributed by atoms with Gasteiger partial charge in [-0.15, -0.1) is 0 Å². The first-order chi connectivity index (χ1) is 9.20. The van der Waals surface area contributed by atoms with Crippen molar-refractivity contribution in [3.05, 3.63) is 10.4 Å². The maximum absolute atomic E-state index is 11.9. The van der Waals surface area contributed by atoms with E-state index in [1.807, 2.05) is 0 Å². The minimum atomic E-state index is -0.587. The largest absolute Gasteiger partial charge is 0.368 e. The van der Waals surface area contributed by atoms with E-state index in [0.29, 0.717) is 13.1 Å². The Hall–Kier alpha value is -1.30. The molecular weight excluding hydrogens is 244 g/mol. The molecule has 2 atom stereocenters. The zero-order valence-electron chi connectivity index (χ0n) is 11.2. The lowest BCUT2D eigenvalue weighted by molar-refractivity contribution is -0.125. The molecule has 2 unspecified atom stereocenters. The summed E-state index contributed by atoms with van der Waals surface area (Å²) < 4.78 is 0. The summed E-state index contributed by atoms with van der Waals surface area (Å²) in [6.07, 6.45) is 4.92. The van der Waals surface area contributed by atoms with Crippen molar-refractivity contribution in [3.63, 3.8) is 0 Å². The molecule has 2 saturated heterocycles. The maximum Gasteiger partial charge on any atom is 0.239 e. The standard InChI is InChI=1S/C12H22N6O/c13-11(19)12(15-6-3-7-16-17-14)5-9-18-8-2-1-4-10(12)18/h10,15H,1-9H2,(H2,13,19). The monoisotopic (exact) mass is 266 g/mol. The summed E-state index contributed by atoms with van der Waals surface area (Å²) in [6.45, 7) is 3.12. The average Bonchev–Trinajstić information content (AvgIpc) is 2.79. The van der Waals surface area contributed by atoms with E-state index in [4.69, 9.17) is 11.3 Å². The number of primary amides is 1. The number of azide groups is 1. The molecule has 2 heterocycles. The summed E-state index contributed by atoms with van der Waals surface area (Å²) in [6, 6.07) is 0.234. The summed E-state index contributed by atoms with van der Waals surface area (Å²) in [4.78, 5) is 17.1. The van der Waals surface area contributed by atoms with Gasteiger partial charge in [0.1, 0.15) is 5.54 Å². The Labute approximate surface area is 113 Å². The number of nitrogens with two attached hydrogens (primary N) is 1. The Morgan fingerprint density at radius 2 is 2.37 bits per heavy atom. The van der Waals surface area contributed by atoms with Crippen LogP contribution in [0.1, 0.15) is 32.1 Å². The molecule has 0 bridgehead atoms. The Morgan fingerprint density at radius 3 is 3.11 bits per heavy atom. The lowest BCUT2D eigenvalue weighted by atomic mass is 9.84. The molecule has 2 aliphatic heterocycles. The third-order valence-corrected chi connectivity index (χ3v) is 4.35. The maximum atomic E-state index is 11.9. The Balaban J connectivity index is 1.97. The molecule has 0 radical (unpaired) electrons. The molecular formula is C12H22N6O. The number of piperidine rings is 1. The fourth-order valence-corrected chi connectivity index (χ4v) is 3.39. The minimum Gasteiger partial charge on any atom is -0.368 e. The van der Waals surface area contributed by atoms with Gasteiger partial charge >= 0.3 is 0 Å². The van der Waals surface area contributed by atoms with E-state index in [-0.39, 0.29) is 11.9 Å². The van der Waals surface area contributed by atoms with Crippen LogP contribution in [-0.2, 0) is 4.79 Å². The number of nitrogens with one attached hydrogen (secondary N) is 1. The summed E-state index contributed by atoms with van der Waals surface area (Å²) in [5.74, 6) is -0.245. The van der Waals surface area contributed by atoms with E-state index >= 15 is 0 Å². The fraction of sp³-hybridized carbons (Fsp3) is 0.917. The van der Waals surface area contributed by atoms with Crippen LogP contribution in [0.15, 0.2) is 5.11 Å². The van der Waals surface area contributed by atoms with Crippen LogP contribution in [0.25, 0.3) is 10.4 Å². The van der Waals surface area contributed by atoms with Gasteiger partial charge in [0.25, 0.3) is 0 Å². The third kappa shape index (κ3) is 2.83. The second kappa shape index (κ2) is 6.23. The molecule has 0 aromatic rings. The summed E-state index contributed by atoms with van der Waals surface area (Å²) in [5.41, 5.74) is 13.3. The normalized spacial score (nSPS) is 30.6. The molecule has 3 N–H and O–H groups in total. The van der Waals surface area contributed by atoms with Crippen LogP contribution in [0.4, 0.5) is 0 Å². The SMILES string of the molecule is [N-]=[N+]=NCCCNC1(C(N)=O)CCN2CCCCC21. The number of rotatable bonds is 6. The van der Waals surface area contributed by atoms with E-state index in [1.54, 1.807) is 0 Å². The minimum absolute atomic E-state index is 0.234. The third-order valence-electron chi connectivity index (χ3n) is 4.35. The summed E-state index contributed by atoms with van der Waals surface area (Å²) in [5, 5.41) is 6.85. The van der Waals surface area contributed by atoms with Crippen molar-refractivity contribution in [2.24, 2.45) is 10.8 Å². The first-order valence-electron chi connectivity index (χ1n) is 7.00. The predicted octanol–water partition coefficient (Wildman–Crippen LogP) is 0.759. The van der Waals surface area contributed by atoms with Gasteiger partial charge < -0.3 is 11.1 Å². The first-order valence-corrected chi connectivity index (χ1v) is 7.00. The van der Waals surface area contributed by atoms with Gasteiger partial charge in [-0.05, 0) is 44.3 Å². The van der Waals surface area contributed by atoms with Gasteiger partial charge in [0, 0.05) is 24.0 Å². The molecule has 0 spiro atoms. The van der Waals surface area contributed by atoms with E-state index in [2.05, 4.69) is 20.2 Å². The topological polar surface area (TPSA) is 107 Å². The van der Waals surface area contributed by atoms with Crippen molar-refractivity contribution >= 4 is 5.91 Å². The van der Waals surface area contributed by atoms with E-state index < -0.39 is 5.54 Å². The van der Waals surface area contributed by atoms with Crippen LogP contribution in [0.3, 0.4) is 0 Å². The summed E-state index contributed by atoms with van der Waals surface area (Å²) in [7, 11) is 0. The molecule has 2 aliphatic rings. The number of hydrogen-bond donors (Lipinski definition) is 2. The highest BCUT2D eigenvalue weighted by Crippen LogP contribution is 2.35. The Bertz CT molecular complexity index is 380. The smallest absolute Gasteiger partial charge is 0.239 e. The van der Waals surface area contributed by atoms with Gasteiger partial charge in [-0.25, -0.2) is 0 Å². The highest BCUT2D eigenvalue weighted by molar-refractivity contribution is 5.86. The number of hydrogen-bond acceptors (Lipinski definition) is 4. The van der Waals surface area contributed by atoms with Crippen LogP contribution in [0.5, 0.6) is 0 Å². The summed E-state index contributed by atoms with van der Waals surface area (Å²) >= 11 is 0. The molecule has 0 aromatic carbocycles. The van der Waals surface area contributed by atoms with Gasteiger partial charge in [0.15, 0.2) is 0 Å². The molecule has 0 saturated carbocycles. The van der Waals surface area contributed by atoms with E-state index in [0.717, 1.165) is 38.8 Å². The van der Waals surface area contributed by atoms with E-state index in [1.165, 1.54) is 6.42 Å². The van der Waals surface area contributed by atoms with Crippen LogP contribution in [0, 0.1) is 0 Å². The van der Waals surface area contributed by atoms with Crippen LogP contribution in [0.2, 0.25) is 0 Å². The van der Waals surface area contributed by atoms with Crippen LogP contribution >= 0.6 is 0 Å². The van der Waals surface area contributed by atoms with Crippen molar-refractivity contribution in [3.8, 4) is 0 Å². The van der Waals surface area contributed by atoms with Crippen molar-refractivity contribution in [2.45, 2.75) is 43.7 Å². The molecule has 7 heteroatoms. The van der Waals surface area contributed by atoms with Gasteiger partial charge in [0.2, 0.25) is 5.91 Å². The highest BCUT2D eigenvalue weighted by atomic mass is 16.1. The number of amides is 1. The van der Waals surface area contributed by atoms with Gasteiger partial charge in [-0.1, -0.05) is 11.5 Å². The van der Waals surface area contributed by atoms with Crippen molar-refractivity contribution in [1.29, 1.82) is 0 Å². The second-order valence-corrected chi connectivity index (χ2v) is 5.37. The molecule has 7 nitrogen and oxygen atoms in total. The molecule has 2 rings (SSSR count). The second-order valence-electron chi connectivity index (χ2n) is 5.37. The Kier molecular flexibility index (Phi) is 4.63. The lowest BCUT2D eigenvalue weighted by Crippen LogP contribution is -2.63. The van der Waals surface area contributed by atoms with Crippen molar-refractivity contribution in [1.82, 2.24) is 10.2 Å². The molecule has 19 heavy (non-hydrogen) atoms. The fourth-order valence-electron chi connectivity index (χ4n) is 3.39. The molecule has 0 aliphatic carbocycles. The van der Waals surface area contributed by atoms with Crippen molar-refractivity contribution in [2.75, 3.05) is 26.2 Å². The predicted molar refractivity (Wildman–Crippen MR) is 72.4 cm³/mol. The average molecular weight is 266 g/mol. The van der Waals surface area contributed by atoms with Gasteiger partial charge in [-0.3, -0.25) is 9.69 Å². The Morgan fingerprint density at radius 1 is 1.53 bits per heavy atom. The molecule has 106 valence electrons. The highest BCUT2D eigenvalue weighted by Gasteiger charge is 2.51. The van der Waals surface area contributed by atoms with E-state index in [9.17, 15) is 4.79 Å². The molecule has 2 fully saturated rings. The zero-order valence-corrected chi connectivity index (χ0v) is 11.2. The van der Waals surface area contributed by atoms with Crippen molar-refractivity contribution < 1.29 is 4.79 Å². The quantitative estimate of drug-likeness (QED) is 0.320. The molecule has 1 amide bonds. The number of fused-ring (bicyclic) bond motifs is 1. The van der Waals surface area contributed by atoms with Crippen LogP contribution in [-0.4, -0.2) is 48.6 Å². The molecule has 0 aromatic heterocycles. The lowest BCUT2D eigenvalue weighted by Gasteiger charge is -2.39. The zero-order chi connectivity index (χ0) is 13.7. The number of nitrogens with zero attached hydrogens (tertiary/aromatic N) is 4.